The van der Waals surface area contributed by atoms with Gasteiger partial charge in [-0.2, -0.15) is 0 Å². The second-order valence-corrected chi connectivity index (χ2v) is 12.8. The number of carbonyl (C=O) groups is 1. The number of carbonyl (C=O) groups excluding carboxylic acids is 1. The first kappa shape index (κ1) is 44.9. The number of allylic oxidation sites excluding steroid dienone is 12. The molecule has 0 rings (SSSR count). The smallest absolute Gasteiger partial charge is 0.457 e. The molecule has 0 aromatic heterocycles. The van der Waals surface area contributed by atoms with Crippen molar-refractivity contribution >= 4 is 13.8 Å². The van der Waals surface area contributed by atoms with Crippen LogP contribution in [-0.2, 0) is 27.9 Å². The van der Waals surface area contributed by atoms with Gasteiger partial charge in [0.05, 0.1) is 19.8 Å². The predicted octanol–water partition coefficient (Wildman–Crippen LogP) is 10.0. The summed E-state index contributed by atoms with van der Waals surface area (Å²) in [6, 6.07) is 0. The lowest BCUT2D eigenvalue weighted by Gasteiger charge is -2.20. The molecular formula is C38H66NO7P. The molecule has 0 saturated heterocycles. The van der Waals surface area contributed by atoms with E-state index in [1.165, 1.54) is 19.3 Å². The van der Waals surface area contributed by atoms with Crippen LogP contribution in [0.2, 0.25) is 0 Å². The Balaban J connectivity index is 4.27. The van der Waals surface area contributed by atoms with Crippen LogP contribution in [0.15, 0.2) is 72.9 Å². The first-order valence-electron chi connectivity index (χ1n) is 17.9. The van der Waals surface area contributed by atoms with Crippen molar-refractivity contribution in [2.24, 2.45) is 5.73 Å². The summed E-state index contributed by atoms with van der Waals surface area (Å²) in [7, 11) is -4.29. The van der Waals surface area contributed by atoms with E-state index >= 15 is 0 Å². The molecule has 0 amide bonds. The number of phosphoric ester groups is 1. The Bertz CT molecular complexity index is 942. The fourth-order valence-corrected chi connectivity index (χ4v) is 5.02. The molecule has 2 unspecified atom stereocenters. The second kappa shape index (κ2) is 35.3. The topological polar surface area (TPSA) is 117 Å². The van der Waals surface area contributed by atoms with Gasteiger partial charge in [0.25, 0.3) is 0 Å². The Labute approximate surface area is 286 Å². The van der Waals surface area contributed by atoms with Crippen molar-refractivity contribution in [3.05, 3.63) is 72.9 Å². The molecule has 0 aliphatic rings. The van der Waals surface area contributed by atoms with Crippen molar-refractivity contribution in [2.45, 2.75) is 129 Å². The van der Waals surface area contributed by atoms with Crippen molar-refractivity contribution in [1.82, 2.24) is 0 Å². The third kappa shape index (κ3) is 35.1. The third-order valence-corrected chi connectivity index (χ3v) is 7.84. The normalized spacial score (nSPS) is 14.6. The minimum atomic E-state index is -4.29. The van der Waals surface area contributed by atoms with Gasteiger partial charge < -0.3 is 20.1 Å². The maximum absolute atomic E-state index is 12.5. The third-order valence-electron chi connectivity index (χ3n) is 6.86. The summed E-state index contributed by atoms with van der Waals surface area (Å²) >= 11 is 0. The van der Waals surface area contributed by atoms with Crippen LogP contribution in [0.3, 0.4) is 0 Å². The number of hydrogen-bond donors (Lipinski definition) is 2. The van der Waals surface area contributed by atoms with Crippen LogP contribution in [-0.4, -0.2) is 49.9 Å². The van der Waals surface area contributed by atoms with Gasteiger partial charge in [-0.3, -0.25) is 13.8 Å². The molecule has 0 spiro atoms. The number of nitrogens with two attached hydrogens (primary N) is 1. The average molecular weight is 680 g/mol. The van der Waals surface area contributed by atoms with Crippen LogP contribution in [0.5, 0.6) is 0 Å². The van der Waals surface area contributed by atoms with Crippen LogP contribution < -0.4 is 5.73 Å². The SMILES string of the molecule is CC/C=C\C/C=C\C/C=C\C/C=C\CCCOCC(COP(=O)(O)OCCN)OC(=O)CCCCCCC/C=C\C/C=C\CCCC. The molecule has 270 valence electrons. The molecule has 8 nitrogen and oxygen atoms in total. The van der Waals surface area contributed by atoms with Crippen molar-refractivity contribution in [3.8, 4) is 0 Å². The van der Waals surface area contributed by atoms with E-state index in [2.05, 4.69) is 86.8 Å². The number of esters is 1. The quantitative estimate of drug-likeness (QED) is 0.0305. The monoisotopic (exact) mass is 679 g/mol. The predicted molar refractivity (Wildman–Crippen MR) is 196 cm³/mol. The first-order valence-corrected chi connectivity index (χ1v) is 19.4. The zero-order valence-electron chi connectivity index (χ0n) is 29.5. The number of hydrogen-bond acceptors (Lipinski definition) is 7. The summed E-state index contributed by atoms with van der Waals surface area (Å²) < 4.78 is 33.1. The summed E-state index contributed by atoms with van der Waals surface area (Å²) in [5.74, 6) is -0.368. The molecule has 9 heteroatoms. The zero-order valence-corrected chi connectivity index (χ0v) is 30.4. The van der Waals surface area contributed by atoms with Gasteiger partial charge in [-0.1, -0.05) is 119 Å². The summed E-state index contributed by atoms with van der Waals surface area (Å²) in [4.78, 5) is 22.3. The molecule has 47 heavy (non-hydrogen) atoms. The second-order valence-electron chi connectivity index (χ2n) is 11.3. The molecule has 0 bridgehead atoms. The molecular weight excluding hydrogens is 613 g/mol. The highest BCUT2D eigenvalue weighted by Gasteiger charge is 2.25. The number of ether oxygens (including phenoxy) is 2. The maximum Gasteiger partial charge on any atom is 0.472 e. The summed E-state index contributed by atoms with van der Waals surface area (Å²) in [6.45, 7) is 4.55. The lowest BCUT2D eigenvalue weighted by Crippen LogP contribution is -2.28. The Hall–Kier alpha value is -2.06. The maximum atomic E-state index is 12.5. The Kier molecular flexibility index (Phi) is 33.7. The van der Waals surface area contributed by atoms with Gasteiger partial charge in [0, 0.05) is 19.6 Å². The van der Waals surface area contributed by atoms with Gasteiger partial charge in [0.15, 0.2) is 0 Å². The molecule has 0 aliphatic heterocycles. The van der Waals surface area contributed by atoms with E-state index in [0.29, 0.717) is 6.61 Å². The van der Waals surface area contributed by atoms with Crippen molar-refractivity contribution < 1.29 is 32.8 Å². The molecule has 0 saturated carbocycles. The highest BCUT2D eigenvalue weighted by Crippen LogP contribution is 2.43. The van der Waals surface area contributed by atoms with Gasteiger partial charge in [-0.25, -0.2) is 4.57 Å². The van der Waals surface area contributed by atoms with Gasteiger partial charge in [0.1, 0.15) is 6.10 Å². The van der Waals surface area contributed by atoms with Crippen LogP contribution in [0.4, 0.5) is 0 Å². The van der Waals surface area contributed by atoms with E-state index in [-0.39, 0.29) is 38.8 Å². The molecule has 2 atom stereocenters. The molecule has 0 heterocycles. The Morgan fingerprint density at radius 2 is 1.19 bits per heavy atom. The fourth-order valence-electron chi connectivity index (χ4n) is 4.25. The van der Waals surface area contributed by atoms with E-state index in [4.69, 9.17) is 24.3 Å². The Morgan fingerprint density at radius 3 is 1.79 bits per heavy atom. The molecule has 3 N–H and O–H groups in total. The molecule has 0 fully saturated rings. The minimum Gasteiger partial charge on any atom is -0.457 e. The van der Waals surface area contributed by atoms with Crippen LogP contribution in [0.1, 0.15) is 123 Å². The van der Waals surface area contributed by atoms with E-state index in [1.54, 1.807) is 0 Å². The van der Waals surface area contributed by atoms with Gasteiger partial charge >= 0.3 is 13.8 Å². The summed E-state index contributed by atoms with van der Waals surface area (Å²) in [5.41, 5.74) is 5.34. The fraction of sp³-hybridized carbons (Fsp3) is 0.658. The molecule has 0 aliphatic carbocycles. The van der Waals surface area contributed by atoms with Crippen LogP contribution in [0, 0.1) is 0 Å². The van der Waals surface area contributed by atoms with E-state index in [9.17, 15) is 14.3 Å². The lowest BCUT2D eigenvalue weighted by atomic mass is 10.1. The molecule has 0 aromatic rings. The van der Waals surface area contributed by atoms with Crippen molar-refractivity contribution in [2.75, 3.05) is 33.0 Å². The van der Waals surface area contributed by atoms with Crippen LogP contribution >= 0.6 is 7.82 Å². The first-order chi connectivity index (χ1) is 22.9. The van der Waals surface area contributed by atoms with Crippen LogP contribution in [0.25, 0.3) is 0 Å². The highest BCUT2D eigenvalue weighted by atomic mass is 31.2. The van der Waals surface area contributed by atoms with Gasteiger partial charge in [-0.05, 0) is 70.6 Å². The largest absolute Gasteiger partial charge is 0.472 e. The van der Waals surface area contributed by atoms with Crippen molar-refractivity contribution in [1.29, 1.82) is 0 Å². The van der Waals surface area contributed by atoms with Gasteiger partial charge in [0.2, 0.25) is 0 Å². The highest BCUT2D eigenvalue weighted by molar-refractivity contribution is 7.47. The van der Waals surface area contributed by atoms with Gasteiger partial charge in [-0.15, -0.1) is 0 Å². The summed E-state index contributed by atoms with van der Waals surface area (Å²) in [6.07, 6.45) is 42.1. The Morgan fingerprint density at radius 1 is 0.660 bits per heavy atom. The van der Waals surface area contributed by atoms with Crippen molar-refractivity contribution in [3.63, 3.8) is 0 Å². The number of phosphoric acid groups is 1. The van der Waals surface area contributed by atoms with E-state index < -0.39 is 13.9 Å². The zero-order chi connectivity index (χ0) is 34.5. The number of unbranched alkanes of at least 4 members (excludes halogenated alkanes) is 8. The minimum absolute atomic E-state index is 0.0683. The molecule has 0 radical (unpaired) electrons. The lowest BCUT2D eigenvalue weighted by molar-refractivity contribution is -0.154. The van der Waals surface area contributed by atoms with E-state index in [1.807, 2.05) is 0 Å². The average Bonchev–Trinajstić information content (AvgIpc) is 3.06. The number of rotatable bonds is 33. The standard InChI is InChI=1S/C38H66NO7P/c1-3-5-7-9-11-13-15-17-19-21-23-25-27-29-31-38(40)46-37(36-45-47(41,42)44-34-32-39)35-43-33-30-28-26-24-22-20-18-16-14-12-10-8-6-4-2/h6,8-9,11-12,14-15,17-18,20,24,26,37H,3-5,7,10,13,16,19,21-23,25,27-36,39H2,1-2H3,(H,41,42)/b8-6-,11-9-,14-12-,17-15-,20-18-,26-24-. The summed E-state index contributed by atoms with van der Waals surface area (Å²) in [5, 5.41) is 0. The van der Waals surface area contributed by atoms with E-state index in [0.717, 1.165) is 83.5 Å². The molecule has 0 aromatic carbocycles.